The number of carbonyl (C=O) groups excluding carboxylic acids is 3. The number of amides is 4. The Morgan fingerprint density at radius 2 is 1.71 bits per heavy atom. The second-order valence-corrected chi connectivity index (χ2v) is 9.31. The topological polar surface area (TPSA) is 103 Å². The molecule has 3 aliphatic heterocycles. The van der Waals surface area contributed by atoms with Gasteiger partial charge in [-0.1, -0.05) is 42.5 Å². The van der Waals surface area contributed by atoms with E-state index in [1.165, 1.54) is 21.5 Å². The molecule has 1 saturated heterocycles. The van der Waals surface area contributed by atoms with E-state index >= 15 is 0 Å². The molecule has 3 aromatic carbocycles. The number of hydrazine groups is 2. The molecule has 0 radical (unpaired) electrons. The van der Waals surface area contributed by atoms with Gasteiger partial charge in [-0.3, -0.25) is 9.59 Å². The summed E-state index contributed by atoms with van der Waals surface area (Å²) in [5.74, 6) is 0.396. The van der Waals surface area contributed by atoms with Crippen LogP contribution in [-0.4, -0.2) is 34.8 Å². The lowest BCUT2D eigenvalue weighted by molar-refractivity contribution is -0.123. The minimum absolute atomic E-state index is 0.205. The van der Waals surface area contributed by atoms with Crippen LogP contribution in [0, 0.1) is 0 Å². The van der Waals surface area contributed by atoms with E-state index in [1.54, 1.807) is 0 Å². The number of rotatable bonds is 4. The lowest BCUT2D eigenvalue weighted by atomic mass is 9.88. The minimum Gasteiger partial charge on any atom is -0.457 e. The van der Waals surface area contributed by atoms with Crippen molar-refractivity contribution in [3.63, 3.8) is 0 Å². The first kappa shape index (κ1) is 21.4. The fourth-order valence-corrected chi connectivity index (χ4v) is 5.42. The van der Waals surface area contributed by atoms with Crippen LogP contribution in [0.3, 0.4) is 0 Å². The lowest BCUT2D eigenvalue weighted by Gasteiger charge is -2.35. The molecular weight excluding hydrogens is 466 g/mol. The molecule has 0 bridgehead atoms. The van der Waals surface area contributed by atoms with Crippen LogP contribution in [0.4, 0.5) is 10.5 Å². The SMILES string of the molecule is O=C1NCCC1NC(=O)N1Sc2cccc3c2N1NC(=O)C3c1ccc(Oc2ccccc2)cc1. The second kappa shape index (κ2) is 8.55. The van der Waals surface area contributed by atoms with Crippen molar-refractivity contribution in [2.45, 2.75) is 23.3 Å². The van der Waals surface area contributed by atoms with E-state index in [0.717, 1.165) is 27.5 Å². The van der Waals surface area contributed by atoms with Gasteiger partial charge in [-0.15, -0.1) is 0 Å². The zero-order valence-corrected chi connectivity index (χ0v) is 19.2. The van der Waals surface area contributed by atoms with Gasteiger partial charge in [-0.05, 0) is 47.9 Å². The van der Waals surface area contributed by atoms with Crippen LogP contribution in [0.2, 0.25) is 0 Å². The lowest BCUT2D eigenvalue weighted by Crippen LogP contribution is -2.58. The number of para-hydroxylation sites is 2. The van der Waals surface area contributed by atoms with Gasteiger partial charge in [0.1, 0.15) is 23.2 Å². The summed E-state index contributed by atoms with van der Waals surface area (Å²) < 4.78 is 7.21. The maximum absolute atomic E-state index is 13.3. The van der Waals surface area contributed by atoms with Crippen LogP contribution in [0.15, 0.2) is 77.7 Å². The van der Waals surface area contributed by atoms with Crippen LogP contribution in [0.25, 0.3) is 0 Å². The smallest absolute Gasteiger partial charge is 0.349 e. The largest absolute Gasteiger partial charge is 0.457 e. The van der Waals surface area contributed by atoms with Gasteiger partial charge in [-0.2, -0.15) is 9.53 Å². The monoisotopic (exact) mass is 487 g/mol. The number of anilines is 1. The molecule has 3 heterocycles. The normalized spacial score (nSPS) is 20.2. The van der Waals surface area contributed by atoms with Gasteiger partial charge in [-0.25, -0.2) is 10.2 Å². The van der Waals surface area contributed by atoms with E-state index in [0.29, 0.717) is 18.7 Å². The molecule has 0 saturated carbocycles. The Kier molecular flexibility index (Phi) is 5.22. The standard InChI is InChI=1S/C25H21N5O4S/c31-23-19(13-14-26-23)27-25(33)30-29-22-18(7-4-8-20(22)35-30)21(24(32)28-29)15-9-11-17(12-10-15)34-16-5-2-1-3-6-16/h1-12,19,21H,13-14H2,(H,26,31)(H,27,33)(H,28,32). The quantitative estimate of drug-likeness (QED) is 0.488. The zero-order valence-electron chi connectivity index (χ0n) is 18.4. The van der Waals surface area contributed by atoms with Crippen molar-refractivity contribution in [1.82, 2.24) is 20.5 Å². The van der Waals surface area contributed by atoms with Crippen LogP contribution in [-0.2, 0) is 9.59 Å². The van der Waals surface area contributed by atoms with E-state index < -0.39 is 18.0 Å². The van der Waals surface area contributed by atoms with Crippen molar-refractivity contribution >= 4 is 35.5 Å². The molecule has 0 aromatic heterocycles. The predicted octanol–water partition coefficient (Wildman–Crippen LogP) is 3.30. The zero-order chi connectivity index (χ0) is 23.9. The Balaban J connectivity index is 1.26. The number of hydrogen-bond donors (Lipinski definition) is 3. The van der Waals surface area contributed by atoms with Crippen LogP contribution >= 0.6 is 11.9 Å². The van der Waals surface area contributed by atoms with E-state index in [4.69, 9.17) is 4.74 Å². The molecule has 3 aliphatic rings. The Labute approximate surface area is 205 Å². The highest BCUT2D eigenvalue weighted by atomic mass is 32.2. The summed E-state index contributed by atoms with van der Waals surface area (Å²) in [5.41, 5.74) is 5.21. The fraction of sp³-hybridized carbons (Fsp3) is 0.160. The van der Waals surface area contributed by atoms with Gasteiger partial charge in [0.2, 0.25) is 5.91 Å². The molecule has 2 unspecified atom stereocenters. The maximum atomic E-state index is 13.3. The highest BCUT2D eigenvalue weighted by molar-refractivity contribution is 7.98. The summed E-state index contributed by atoms with van der Waals surface area (Å²) in [6.45, 7) is 0.526. The number of carbonyl (C=O) groups is 3. The van der Waals surface area contributed by atoms with Crippen molar-refractivity contribution in [2.75, 3.05) is 11.7 Å². The van der Waals surface area contributed by atoms with E-state index in [9.17, 15) is 14.4 Å². The van der Waals surface area contributed by atoms with Crippen LogP contribution < -0.4 is 25.9 Å². The summed E-state index contributed by atoms with van der Waals surface area (Å²) in [6, 6.07) is 21.5. The maximum Gasteiger partial charge on any atom is 0.349 e. The average molecular weight is 488 g/mol. The minimum atomic E-state index is -0.587. The molecule has 0 spiro atoms. The molecule has 0 aliphatic carbocycles. The van der Waals surface area contributed by atoms with Gasteiger partial charge in [0, 0.05) is 18.5 Å². The summed E-state index contributed by atoms with van der Waals surface area (Å²) in [4.78, 5) is 39.0. The molecule has 9 nitrogen and oxygen atoms in total. The highest BCUT2D eigenvalue weighted by Gasteiger charge is 2.44. The number of benzene rings is 3. The highest BCUT2D eigenvalue weighted by Crippen LogP contribution is 2.49. The Morgan fingerprint density at radius 1 is 0.943 bits per heavy atom. The van der Waals surface area contributed by atoms with E-state index in [1.807, 2.05) is 72.8 Å². The van der Waals surface area contributed by atoms with Gasteiger partial charge in [0.25, 0.3) is 5.91 Å². The van der Waals surface area contributed by atoms with Crippen molar-refractivity contribution in [3.8, 4) is 11.5 Å². The fourth-order valence-electron chi connectivity index (χ4n) is 4.46. The van der Waals surface area contributed by atoms with Crippen molar-refractivity contribution in [1.29, 1.82) is 0 Å². The third kappa shape index (κ3) is 3.81. The first-order chi connectivity index (χ1) is 17.1. The number of ether oxygens (including phenoxy) is 1. The van der Waals surface area contributed by atoms with Gasteiger partial charge in [0.15, 0.2) is 0 Å². The van der Waals surface area contributed by atoms with Crippen molar-refractivity contribution in [3.05, 3.63) is 83.9 Å². The number of urea groups is 1. The van der Waals surface area contributed by atoms with Gasteiger partial charge < -0.3 is 15.4 Å². The molecule has 6 rings (SSSR count). The summed E-state index contributed by atoms with van der Waals surface area (Å²) in [5, 5.41) is 6.91. The molecule has 3 aromatic rings. The first-order valence-electron chi connectivity index (χ1n) is 11.2. The Bertz CT molecular complexity index is 1320. The third-order valence-electron chi connectivity index (χ3n) is 6.11. The molecule has 176 valence electrons. The predicted molar refractivity (Wildman–Crippen MR) is 130 cm³/mol. The van der Waals surface area contributed by atoms with E-state index in [-0.39, 0.29) is 11.8 Å². The van der Waals surface area contributed by atoms with Crippen LogP contribution in [0.1, 0.15) is 23.5 Å². The molecule has 10 heteroatoms. The molecule has 4 amide bonds. The van der Waals surface area contributed by atoms with Crippen molar-refractivity contribution in [2.24, 2.45) is 0 Å². The molecule has 35 heavy (non-hydrogen) atoms. The van der Waals surface area contributed by atoms with E-state index in [2.05, 4.69) is 16.1 Å². The van der Waals surface area contributed by atoms with Gasteiger partial charge in [0.05, 0.1) is 10.8 Å². The van der Waals surface area contributed by atoms with Crippen LogP contribution in [0.5, 0.6) is 11.5 Å². The van der Waals surface area contributed by atoms with Gasteiger partial charge >= 0.3 is 6.03 Å². The summed E-state index contributed by atoms with van der Waals surface area (Å²) >= 11 is 1.20. The molecule has 2 atom stereocenters. The summed E-state index contributed by atoms with van der Waals surface area (Å²) in [6.07, 6.45) is 0.527. The first-order valence-corrected chi connectivity index (χ1v) is 12.0. The average Bonchev–Trinajstić information content (AvgIpc) is 3.44. The summed E-state index contributed by atoms with van der Waals surface area (Å²) in [7, 11) is 0. The second-order valence-electron chi connectivity index (χ2n) is 8.35. The Hall–Kier alpha value is -4.18. The molecule has 1 fully saturated rings. The number of nitrogens with zero attached hydrogens (tertiary/aromatic N) is 2. The molecular formula is C25H21N5O4S. The molecule has 3 N–H and O–H groups in total. The number of hydrogen-bond acceptors (Lipinski definition) is 6. The Morgan fingerprint density at radius 3 is 2.46 bits per heavy atom. The third-order valence-corrected chi connectivity index (χ3v) is 7.14. The van der Waals surface area contributed by atoms with Crippen molar-refractivity contribution < 1.29 is 19.1 Å². The number of nitrogens with one attached hydrogen (secondary N) is 3.